The van der Waals surface area contributed by atoms with Crippen LogP contribution in [-0.4, -0.2) is 28.7 Å². The molecule has 0 unspecified atom stereocenters. The van der Waals surface area contributed by atoms with Gasteiger partial charge < -0.3 is 15.4 Å². The zero-order chi connectivity index (χ0) is 21.3. The van der Waals surface area contributed by atoms with Crippen molar-refractivity contribution in [2.75, 3.05) is 17.7 Å². The van der Waals surface area contributed by atoms with E-state index in [1.807, 2.05) is 30.3 Å². The van der Waals surface area contributed by atoms with Crippen LogP contribution in [-0.2, 0) is 20.9 Å². The molecule has 2 amide bonds. The Hall–Kier alpha value is -2.87. The predicted octanol–water partition coefficient (Wildman–Crippen LogP) is 4.53. The Kier molecular flexibility index (Phi) is 5.76. The van der Waals surface area contributed by atoms with Crippen molar-refractivity contribution >= 4 is 46.5 Å². The number of nitrogens with one attached hydrogen (secondary N) is 2. The Bertz CT molecular complexity index is 1110. The lowest BCUT2D eigenvalue weighted by Gasteiger charge is -2.24. The summed E-state index contributed by atoms with van der Waals surface area (Å²) in [4.78, 5) is 25.5. The van der Waals surface area contributed by atoms with Crippen LogP contribution in [0.4, 0.5) is 11.5 Å². The number of rotatable bonds is 5. The Morgan fingerprint density at radius 1 is 1.27 bits per heavy atom. The molecule has 0 saturated heterocycles. The number of benzene rings is 2. The summed E-state index contributed by atoms with van der Waals surface area (Å²) in [5.74, 6) is -0.209. The lowest BCUT2D eigenvalue weighted by molar-refractivity contribution is -0.125. The van der Waals surface area contributed by atoms with E-state index in [1.54, 1.807) is 19.2 Å². The quantitative estimate of drug-likeness (QED) is 0.605. The van der Waals surface area contributed by atoms with E-state index in [0.29, 0.717) is 27.2 Å². The molecule has 2 heterocycles. The molecule has 0 fully saturated rings. The Morgan fingerprint density at radius 3 is 2.73 bits per heavy atom. The molecule has 1 atom stereocenters. The highest BCUT2D eigenvalue weighted by Crippen LogP contribution is 2.38. The summed E-state index contributed by atoms with van der Waals surface area (Å²) in [6.45, 7) is 0.234. The van der Waals surface area contributed by atoms with Gasteiger partial charge in [-0.15, -0.1) is 0 Å². The van der Waals surface area contributed by atoms with E-state index >= 15 is 0 Å². The summed E-state index contributed by atoms with van der Waals surface area (Å²) in [5, 5.41) is 11.0. The zero-order valence-electron chi connectivity index (χ0n) is 16.0. The third-order valence-corrected chi connectivity index (χ3v) is 5.30. The largest absolute Gasteiger partial charge is 0.378 e. The third kappa shape index (κ3) is 3.92. The topological polar surface area (TPSA) is 85.2 Å². The number of hydrogen-bond acceptors (Lipinski definition) is 4. The number of anilines is 2. The second-order valence-electron chi connectivity index (χ2n) is 6.80. The van der Waals surface area contributed by atoms with Crippen LogP contribution in [0.5, 0.6) is 0 Å². The van der Waals surface area contributed by atoms with Crippen LogP contribution in [0.3, 0.4) is 0 Å². The summed E-state index contributed by atoms with van der Waals surface area (Å²) >= 11 is 12.1. The molecule has 0 aliphatic carbocycles. The minimum Gasteiger partial charge on any atom is -0.378 e. The maximum Gasteiger partial charge on any atom is 0.249 e. The molecule has 9 heteroatoms. The van der Waals surface area contributed by atoms with Crippen molar-refractivity contribution in [1.29, 1.82) is 0 Å². The van der Waals surface area contributed by atoms with Crippen molar-refractivity contribution in [1.82, 2.24) is 9.78 Å². The van der Waals surface area contributed by atoms with Gasteiger partial charge >= 0.3 is 0 Å². The van der Waals surface area contributed by atoms with Crippen LogP contribution in [0.25, 0.3) is 11.1 Å². The first-order valence-electron chi connectivity index (χ1n) is 9.19. The highest BCUT2D eigenvalue weighted by atomic mass is 35.5. The first-order chi connectivity index (χ1) is 14.5. The molecule has 2 aromatic carbocycles. The maximum atomic E-state index is 13.1. The second kappa shape index (κ2) is 8.47. The molecule has 0 saturated carbocycles. The van der Waals surface area contributed by atoms with Crippen molar-refractivity contribution in [3.05, 3.63) is 64.3 Å². The minimum absolute atomic E-state index is 0.0492. The van der Waals surface area contributed by atoms with Gasteiger partial charge in [0.25, 0.3) is 0 Å². The molecule has 30 heavy (non-hydrogen) atoms. The fourth-order valence-electron chi connectivity index (χ4n) is 3.43. The van der Waals surface area contributed by atoms with Crippen molar-refractivity contribution in [3.63, 3.8) is 0 Å². The van der Waals surface area contributed by atoms with Gasteiger partial charge in [0.05, 0.1) is 29.4 Å². The van der Waals surface area contributed by atoms with E-state index in [2.05, 4.69) is 15.7 Å². The van der Waals surface area contributed by atoms with Crippen LogP contribution in [0.2, 0.25) is 10.0 Å². The van der Waals surface area contributed by atoms with Crippen molar-refractivity contribution in [2.45, 2.75) is 19.1 Å². The molecular weight excluding hydrogens is 427 g/mol. The normalized spacial score (nSPS) is 15.4. The second-order valence-corrected chi connectivity index (χ2v) is 7.64. The smallest absolute Gasteiger partial charge is 0.249 e. The fourth-order valence-corrected chi connectivity index (χ4v) is 3.88. The standard InChI is InChI=1S/C21H18Cl2N4O3/c1-30-11-16-19(12-5-3-2-4-6-12)20-25-18(28)10-17(27(20)26-16)21(29)24-15-8-7-13(22)9-14(15)23/h2-9,17H,10-11H2,1H3,(H,24,29)(H,25,28)/t17-/m1/s1. The summed E-state index contributed by atoms with van der Waals surface area (Å²) in [6, 6.07) is 13.5. The minimum atomic E-state index is -0.839. The van der Waals surface area contributed by atoms with Crippen molar-refractivity contribution in [2.24, 2.45) is 0 Å². The maximum absolute atomic E-state index is 13.1. The molecule has 154 valence electrons. The number of aromatic nitrogens is 2. The number of amides is 2. The average Bonchev–Trinajstić information content (AvgIpc) is 3.08. The SMILES string of the molecule is COCc1nn2c(c1-c1ccccc1)NC(=O)C[C@@H]2C(=O)Nc1ccc(Cl)cc1Cl. The number of carbonyl (C=O) groups is 2. The van der Waals surface area contributed by atoms with E-state index in [9.17, 15) is 9.59 Å². The van der Waals surface area contributed by atoms with Gasteiger partial charge in [-0.3, -0.25) is 9.59 Å². The van der Waals surface area contributed by atoms with E-state index < -0.39 is 11.9 Å². The number of halogens is 2. The van der Waals surface area contributed by atoms with Gasteiger partial charge in [0.2, 0.25) is 11.8 Å². The number of hydrogen-bond donors (Lipinski definition) is 2. The number of ether oxygens (including phenoxy) is 1. The first kappa shape index (κ1) is 20.4. The van der Waals surface area contributed by atoms with Crippen LogP contribution in [0.15, 0.2) is 48.5 Å². The van der Waals surface area contributed by atoms with E-state index in [-0.39, 0.29) is 18.9 Å². The number of carbonyl (C=O) groups excluding carboxylic acids is 2. The molecule has 1 aliphatic heterocycles. The summed E-state index contributed by atoms with van der Waals surface area (Å²) in [6.07, 6.45) is -0.0492. The number of nitrogens with zero attached hydrogens (tertiary/aromatic N) is 2. The van der Waals surface area contributed by atoms with Gasteiger partial charge in [-0.25, -0.2) is 4.68 Å². The van der Waals surface area contributed by atoms with Gasteiger partial charge in [0, 0.05) is 17.7 Å². The van der Waals surface area contributed by atoms with Gasteiger partial charge in [-0.05, 0) is 23.8 Å². The van der Waals surface area contributed by atoms with E-state index in [0.717, 1.165) is 11.1 Å². The van der Waals surface area contributed by atoms with Gasteiger partial charge in [-0.1, -0.05) is 53.5 Å². The lowest BCUT2D eigenvalue weighted by atomic mass is 10.0. The number of methoxy groups -OCH3 is 1. The Morgan fingerprint density at radius 2 is 2.03 bits per heavy atom. The molecule has 0 bridgehead atoms. The van der Waals surface area contributed by atoms with Crippen molar-refractivity contribution < 1.29 is 14.3 Å². The van der Waals surface area contributed by atoms with Gasteiger partial charge in [0.15, 0.2) is 0 Å². The molecule has 4 rings (SSSR count). The average molecular weight is 445 g/mol. The first-order valence-corrected chi connectivity index (χ1v) is 9.95. The lowest BCUT2D eigenvalue weighted by Crippen LogP contribution is -2.36. The Labute approximate surface area is 182 Å². The molecule has 0 spiro atoms. The zero-order valence-corrected chi connectivity index (χ0v) is 17.5. The van der Waals surface area contributed by atoms with Crippen LogP contribution < -0.4 is 10.6 Å². The van der Waals surface area contributed by atoms with E-state index in [4.69, 9.17) is 27.9 Å². The molecule has 1 aliphatic rings. The van der Waals surface area contributed by atoms with Crippen LogP contribution in [0, 0.1) is 0 Å². The third-order valence-electron chi connectivity index (χ3n) is 4.75. The number of fused-ring (bicyclic) bond motifs is 1. The Balaban J connectivity index is 1.74. The molecule has 0 radical (unpaired) electrons. The molecule has 3 aromatic rings. The summed E-state index contributed by atoms with van der Waals surface area (Å²) < 4.78 is 6.83. The fraction of sp³-hybridized carbons (Fsp3) is 0.190. The summed E-state index contributed by atoms with van der Waals surface area (Å²) in [7, 11) is 1.57. The van der Waals surface area contributed by atoms with Gasteiger partial charge in [-0.2, -0.15) is 5.10 Å². The van der Waals surface area contributed by atoms with Crippen molar-refractivity contribution in [3.8, 4) is 11.1 Å². The van der Waals surface area contributed by atoms with Crippen LogP contribution >= 0.6 is 23.2 Å². The summed E-state index contributed by atoms with van der Waals surface area (Å²) in [5.41, 5.74) is 2.63. The molecular formula is C21H18Cl2N4O3. The highest BCUT2D eigenvalue weighted by Gasteiger charge is 2.35. The predicted molar refractivity (Wildman–Crippen MR) is 116 cm³/mol. The van der Waals surface area contributed by atoms with E-state index in [1.165, 1.54) is 10.7 Å². The monoisotopic (exact) mass is 444 g/mol. The van der Waals surface area contributed by atoms with Gasteiger partial charge in [0.1, 0.15) is 11.9 Å². The van der Waals surface area contributed by atoms with Crippen LogP contribution in [0.1, 0.15) is 18.2 Å². The molecule has 7 nitrogen and oxygen atoms in total. The molecule has 2 N–H and O–H groups in total. The molecule has 1 aromatic heterocycles. The highest BCUT2D eigenvalue weighted by molar-refractivity contribution is 6.36.